The van der Waals surface area contributed by atoms with Crippen LogP contribution in [0.15, 0.2) is 30.5 Å². The highest BCUT2D eigenvalue weighted by Crippen LogP contribution is 2.21. The van der Waals surface area contributed by atoms with Crippen molar-refractivity contribution in [3.05, 3.63) is 51.7 Å². The van der Waals surface area contributed by atoms with Crippen LogP contribution >= 0.6 is 11.3 Å². The number of aryl methyl sites for hydroxylation is 1. The standard InChI is InChI=1S/C14H17FN2OS/c1-9(14-8-17-10(2)19-14)16-7-13(18)11-5-3-4-6-12(11)15/h3-6,8-9,13,16,18H,7H2,1-2H3. The number of aromatic nitrogens is 1. The van der Waals surface area contributed by atoms with Crippen molar-refractivity contribution in [1.29, 1.82) is 0 Å². The van der Waals surface area contributed by atoms with E-state index in [1.165, 1.54) is 6.07 Å². The number of nitrogens with one attached hydrogen (secondary N) is 1. The van der Waals surface area contributed by atoms with Crippen LogP contribution in [0, 0.1) is 12.7 Å². The van der Waals surface area contributed by atoms with Crippen molar-refractivity contribution >= 4 is 11.3 Å². The minimum Gasteiger partial charge on any atom is -0.387 e. The van der Waals surface area contributed by atoms with Gasteiger partial charge in [0.2, 0.25) is 0 Å². The van der Waals surface area contributed by atoms with Gasteiger partial charge in [-0.2, -0.15) is 0 Å². The zero-order valence-electron chi connectivity index (χ0n) is 10.9. The summed E-state index contributed by atoms with van der Waals surface area (Å²) in [5, 5.41) is 14.2. The summed E-state index contributed by atoms with van der Waals surface area (Å²) < 4.78 is 13.5. The highest BCUT2D eigenvalue weighted by Gasteiger charge is 2.14. The summed E-state index contributed by atoms with van der Waals surface area (Å²) >= 11 is 1.62. The maximum Gasteiger partial charge on any atom is 0.129 e. The molecule has 2 aromatic rings. The Kier molecular flexibility index (Phi) is 4.63. The van der Waals surface area contributed by atoms with Gasteiger partial charge in [0.15, 0.2) is 0 Å². The molecule has 0 amide bonds. The van der Waals surface area contributed by atoms with Crippen molar-refractivity contribution in [2.24, 2.45) is 0 Å². The van der Waals surface area contributed by atoms with Gasteiger partial charge in [0, 0.05) is 29.2 Å². The zero-order valence-corrected chi connectivity index (χ0v) is 11.7. The molecular formula is C14H17FN2OS. The molecule has 0 saturated carbocycles. The van der Waals surface area contributed by atoms with Crippen LogP contribution in [0.5, 0.6) is 0 Å². The molecule has 0 fully saturated rings. The van der Waals surface area contributed by atoms with Crippen molar-refractivity contribution in [2.75, 3.05) is 6.54 Å². The second-order valence-electron chi connectivity index (χ2n) is 4.45. The summed E-state index contributed by atoms with van der Waals surface area (Å²) in [4.78, 5) is 5.30. The van der Waals surface area contributed by atoms with Gasteiger partial charge >= 0.3 is 0 Å². The average Bonchev–Trinajstić information content (AvgIpc) is 2.83. The molecular weight excluding hydrogens is 263 g/mol. The molecule has 0 aliphatic rings. The van der Waals surface area contributed by atoms with Crippen LogP contribution in [0.3, 0.4) is 0 Å². The monoisotopic (exact) mass is 280 g/mol. The fourth-order valence-electron chi connectivity index (χ4n) is 1.82. The lowest BCUT2D eigenvalue weighted by Gasteiger charge is -2.16. The van der Waals surface area contributed by atoms with E-state index in [9.17, 15) is 9.50 Å². The summed E-state index contributed by atoms with van der Waals surface area (Å²) in [5.41, 5.74) is 0.322. The van der Waals surface area contributed by atoms with Crippen molar-refractivity contribution in [2.45, 2.75) is 26.0 Å². The van der Waals surface area contributed by atoms with Gasteiger partial charge in [-0.25, -0.2) is 9.37 Å². The molecule has 3 nitrogen and oxygen atoms in total. The highest BCUT2D eigenvalue weighted by atomic mass is 32.1. The van der Waals surface area contributed by atoms with Gasteiger partial charge < -0.3 is 10.4 Å². The minimum atomic E-state index is -0.849. The lowest BCUT2D eigenvalue weighted by molar-refractivity contribution is 0.166. The molecule has 19 heavy (non-hydrogen) atoms. The van der Waals surface area contributed by atoms with Gasteiger partial charge in [0.1, 0.15) is 5.82 Å². The van der Waals surface area contributed by atoms with Crippen LogP contribution in [0.4, 0.5) is 4.39 Å². The lowest BCUT2D eigenvalue weighted by atomic mass is 10.1. The van der Waals surface area contributed by atoms with E-state index in [1.54, 1.807) is 29.5 Å². The Morgan fingerprint density at radius 3 is 2.79 bits per heavy atom. The fraction of sp³-hybridized carbons (Fsp3) is 0.357. The fourth-order valence-corrected chi connectivity index (χ4v) is 2.63. The smallest absolute Gasteiger partial charge is 0.129 e. The first-order valence-electron chi connectivity index (χ1n) is 6.16. The first-order valence-corrected chi connectivity index (χ1v) is 6.97. The van der Waals surface area contributed by atoms with E-state index >= 15 is 0 Å². The normalized spacial score (nSPS) is 14.3. The van der Waals surface area contributed by atoms with E-state index in [0.29, 0.717) is 12.1 Å². The Bertz CT molecular complexity index is 544. The number of halogens is 1. The third-order valence-electron chi connectivity index (χ3n) is 2.95. The van der Waals surface area contributed by atoms with E-state index < -0.39 is 6.10 Å². The second-order valence-corrected chi connectivity index (χ2v) is 5.72. The Hall–Kier alpha value is -1.30. The summed E-state index contributed by atoms with van der Waals surface area (Å²) in [5.74, 6) is -0.377. The van der Waals surface area contributed by atoms with Crippen LogP contribution in [0.25, 0.3) is 0 Å². The first-order chi connectivity index (χ1) is 9.08. The molecule has 2 rings (SSSR count). The van der Waals surface area contributed by atoms with Crippen LogP contribution in [0.2, 0.25) is 0 Å². The molecule has 0 saturated heterocycles. The van der Waals surface area contributed by atoms with Gasteiger partial charge in [0.25, 0.3) is 0 Å². The predicted octanol–water partition coefficient (Wildman–Crippen LogP) is 2.97. The van der Waals surface area contributed by atoms with Crippen LogP contribution < -0.4 is 5.32 Å². The molecule has 5 heteroatoms. The third-order valence-corrected chi connectivity index (χ3v) is 4.04. The topological polar surface area (TPSA) is 45.2 Å². The number of aliphatic hydroxyl groups excluding tert-OH is 1. The SMILES string of the molecule is Cc1ncc(C(C)NCC(O)c2ccccc2F)s1. The van der Waals surface area contributed by atoms with Gasteiger partial charge in [-0.15, -0.1) is 11.3 Å². The molecule has 1 aromatic heterocycles. The van der Waals surface area contributed by atoms with Crippen LogP contribution in [-0.4, -0.2) is 16.6 Å². The number of nitrogens with zero attached hydrogens (tertiary/aromatic N) is 1. The van der Waals surface area contributed by atoms with E-state index in [2.05, 4.69) is 10.3 Å². The van der Waals surface area contributed by atoms with Crippen molar-refractivity contribution < 1.29 is 9.50 Å². The molecule has 2 unspecified atom stereocenters. The number of rotatable bonds is 5. The maximum atomic E-state index is 13.5. The first kappa shape index (κ1) is 14.1. The number of hydrogen-bond donors (Lipinski definition) is 2. The second kappa shape index (κ2) is 6.23. The Labute approximate surface area is 116 Å². The van der Waals surface area contributed by atoms with Crippen molar-refractivity contribution in [3.63, 3.8) is 0 Å². The summed E-state index contributed by atoms with van der Waals surface area (Å²) in [7, 11) is 0. The van der Waals surface area contributed by atoms with Crippen molar-refractivity contribution in [3.8, 4) is 0 Å². The Balaban J connectivity index is 1.94. The Morgan fingerprint density at radius 2 is 2.16 bits per heavy atom. The molecule has 0 aliphatic carbocycles. The molecule has 0 spiro atoms. The molecule has 0 aliphatic heterocycles. The van der Waals surface area contributed by atoms with Crippen molar-refractivity contribution in [1.82, 2.24) is 10.3 Å². The maximum absolute atomic E-state index is 13.5. The largest absolute Gasteiger partial charge is 0.387 e. The molecule has 0 bridgehead atoms. The highest BCUT2D eigenvalue weighted by molar-refractivity contribution is 7.11. The van der Waals surface area contributed by atoms with E-state index in [4.69, 9.17) is 0 Å². The molecule has 1 aromatic carbocycles. The van der Waals surface area contributed by atoms with Gasteiger partial charge in [-0.3, -0.25) is 0 Å². The van der Waals surface area contributed by atoms with Gasteiger partial charge in [-0.05, 0) is 19.9 Å². The van der Waals surface area contributed by atoms with E-state index in [0.717, 1.165) is 9.88 Å². The molecule has 2 atom stereocenters. The zero-order chi connectivity index (χ0) is 13.8. The van der Waals surface area contributed by atoms with E-state index in [1.807, 2.05) is 20.0 Å². The van der Waals surface area contributed by atoms with Gasteiger partial charge in [0.05, 0.1) is 11.1 Å². The minimum absolute atomic E-state index is 0.0904. The lowest BCUT2D eigenvalue weighted by Crippen LogP contribution is -2.24. The van der Waals surface area contributed by atoms with Crippen LogP contribution in [-0.2, 0) is 0 Å². The quantitative estimate of drug-likeness (QED) is 0.885. The molecule has 102 valence electrons. The average molecular weight is 280 g/mol. The van der Waals surface area contributed by atoms with Gasteiger partial charge in [-0.1, -0.05) is 18.2 Å². The Morgan fingerprint density at radius 1 is 1.42 bits per heavy atom. The molecule has 2 N–H and O–H groups in total. The number of aliphatic hydroxyl groups is 1. The van der Waals surface area contributed by atoms with Crippen LogP contribution in [0.1, 0.15) is 34.5 Å². The number of thiazole rings is 1. The summed E-state index contributed by atoms with van der Waals surface area (Å²) in [6.45, 7) is 4.26. The summed E-state index contributed by atoms with van der Waals surface area (Å²) in [6.07, 6.45) is 0.977. The number of benzene rings is 1. The van der Waals surface area contributed by atoms with E-state index in [-0.39, 0.29) is 11.9 Å². The molecule has 1 heterocycles. The third kappa shape index (κ3) is 3.59. The predicted molar refractivity (Wildman–Crippen MR) is 74.6 cm³/mol. The number of hydrogen-bond acceptors (Lipinski definition) is 4. The summed E-state index contributed by atoms with van der Waals surface area (Å²) in [6, 6.07) is 6.38. The molecule has 0 radical (unpaired) electrons.